The summed E-state index contributed by atoms with van der Waals surface area (Å²) in [5, 5.41) is 6.41. The molecule has 0 spiro atoms. The zero-order valence-electron chi connectivity index (χ0n) is 16.3. The van der Waals surface area contributed by atoms with Crippen LogP contribution >= 0.6 is 0 Å². The molecule has 0 unspecified atom stereocenters. The van der Waals surface area contributed by atoms with Crippen molar-refractivity contribution in [1.82, 2.24) is 15.3 Å². The Kier molecular flexibility index (Phi) is 5.00. The first-order valence-electron chi connectivity index (χ1n) is 9.61. The first-order valence-corrected chi connectivity index (χ1v) is 9.61. The number of likely N-dealkylation sites (N-methyl/N-ethyl adjacent to an activating group) is 1. The van der Waals surface area contributed by atoms with Gasteiger partial charge in [0.2, 0.25) is 5.95 Å². The van der Waals surface area contributed by atoms with Gasteiger partial charge in [-0.05, 0) is 43.7 Å². The van der Waals surface area contributed by atoms with Gasteiger partial charge in [0, 0.05) is 55.9 Å². The van der Waals surface area contributed by atoms with Crippen molar-refractivity contribution in [2.75, 3.05) is 47.8 Å². The molecule has 0 radical (unpaired) electrons. The van der Waals surface area contributed by atoms with Crippen LogP contribution in [0.5, 0.6) is 0 Å². The van der Waals surface area contributed by atoms with Crippen molar-refractivity contribution < 1.29 is 4.39 Å². The number of rotatable bonds is 4. The van der Waals surface area contributed by atoms with Crippen LogP contribution in [0.3, 0.4) is 0 Å². The Morgan fingerprint density at radius 1 is 1.29 bits per heavy atom. The second-order valence-corrected chi connectivity index (χ2v) is 7.02. The molecule has 4 rings (SSSR count). The Bertz CT molecular complexity index is 932. The van der Waals surface area contributed by atoms with Gasteiger partial charge in [-0.1, -0.05) is 6.58 Å². The predicted octanol–water partition coefficient (Wildman–Crippen LogP) is 3.53. The number of nitrogens with one attached hydrogen (secondary N) is 2. The van der Waals surface area contributed by atoms with E-state index in [0.29, 0.717) is 17.3 Å². The van der Waals surface area contributed by atoms with Crippen LogP contribution < -0.4 is 20.4 Å². The standard InChI is InChI=1S/C21H25FN6/c1-4-28-15(3)14(2)11-16-13-24-21(26-20(16)28)25-17-5-6-19(18(22)12-17)27-9-7-23-8-10-27/h5-6,11-13,23H,3-4,7-10H2,1-2H3,(H,24,25,26). The Labute approximate surface area is 164 Å². The van der Waals surface area contributed by atoms with Gasteiger partial charge in [0.25, 0.3) is 0 Å². The van der Waals surface area contributed by atoms with E-state index in [1.165, 1.54) is 6.07 Å². The Balaban J connectivity index is 1.57. The van der Waals surface area contributed by atoms with Crippen LogP contribution in [0.1, 0.15) is 19.4 Å². The van der Waals surface area contributed by atoms with Crippen LogP contribution in [0, 0.1) is 5.82 Å². The summed E-state index contributed by atoms with van der Waals surface area (Å²) < 4.78 is 14.7. The molecule has 1 fully saturated rings. The SMILES string of the molecule is C=C1C(C)=Cc2cnc(Nc3ccc(N4CCNCC4)c(F)c3)nc2N1CC. The fraction of sp³-hybridized carbons (Fsp3) is 0.333. The average Bonchev–Trinajstić information content (AvgIpc) is 2.70. The van der Waals surface area contributed by atoms with Gasteiger partial charge in [-0.3, -0.25) is 0 Å². The minimum absolute atomic E-state index is 0.244. The fourth-order valence-electron chi connectivity index (χ4n) is 3.63. The van der Waals surface area contributed by atoms with E-state index in [1.54, 1.807) is 6.20 Å². The third-order valence-corrected chi connectivity index (χ3v) is 5.18. The molecule has 146 valence electrons. The molecule has 6 nitrogen and oxygen atoms in total. The zero-order valence-corrected chi connectivity index (χ0v) is 16.3. The topological polar surface area (TPSA) is 56.3 Å². The van der Waals surface area contributed by atoms with Crippen LogP contribution in [0.25, 0.3) is 6.08 Å². The number of piperazine rings is 1. The molecule has 0 bridgehead atoms. The van der Waals surface area contributed by atoms with Gasteiger partial charge >= 0.3 is 0 Å². The molecular formula is C21H25FN6. The largest absolute Gasteiger partial charge is 0.367 e. The van der Waals surface area contributed by atoms with Crippen LogP contribution in [0.2, 0.25) is 0 Å². The molecule has 2 aliphatic rings. The molecule has 28 heavy (non-hydrogen) atoms. The summed E-state index contributed by atoms with van der Waals surface area (Å²) in [5.41, 5.74) is 4.25. The lowest BCUT2D eigenvalue weighted by atomic mass is 10.1. The molecular weight excluding hydrogens is 355 g/mol. The number of allylic oxidation sites excluding steroid dienone is 1. The van der Waals surface area contributed by atoms with Crippen molar-refractivity contribution in [3.05, 3.63) is 53.6 Å². The number of fused-ring (bicyclic) bond motifs is 1. The van der Waals surface area contributed by atoms with Crippen LogP contribution in [0.15, 0.2) is 42.2 Å². The van der Waals surface area contributed by atoms with E-state index in [-0.39, 0.29) is 5.82 Å². The average molecular weight is 380 g/mol. The zero-order chi connectivity index (χ0) is 19.7. The lowest BCUT2D eigenvalue weighted by molar-refractivity contribution is 0.566. The van der Waals surface area contributed by atoms with Gasteiger partial charge in [0.05, 0.1) is 5.69 Å². The third-order valence-electron chi connectivity index (χ3n) is 5.18. The highest BCUT2D eigenvalue weighted by atomic mass is 19.1. The number of benzene rings is 1. The normalized spacial score (nSPS) is 16.7. The maximum atomic E-state index is 14.7. The fourth-order valence-corrected chi connectivity index (χ4v) is 3.63. The van der Waals surface area contributed by atoms with E-state index in [1.807, 2.05) is 25.1 Å². The Morgan fingerprint density at radius 3 is 2.79 bits per heavy atom. The summed E-state index contributed by atoms with van der Waals surface area (Å²) in [6.07, 6.45) is 3.82. The van der Waals surface area contributed by atoms with E-state index in [0.717, 1.165) is 55.4 Å². The highest BCUT2D eigenvalue weighted by Crippen LogP contribution is 2.33. The quantitative estimate of drug-likeness (QED) is 0.846. The van der Waals surface area contributed by atoms with Gasteiger partial charge in [-0.2, -0.15) is 4.98 Å². The molecule has 2 aromatic rings. The van der Waals surface area contributed by atoms with Gasteiger partial charge < -0.3 is 20.4 Å². The molecule has 0 amide bonds. The predicted molar refractivity (Wildman–Crippen MR) is 113 cm³/mol. The second kappa shape index (κ2) is 7.59. The maximum Gasteiger partial charge on any atom is 0.229 e. The summed E-state index contributed by atoms with van der Waals surface area (Å²) in [4.78, 5) is 13.2. The molecule has 1 aromatic carbocycles. The Morgan fingerprint density at radius 2 is 2.07 bits per heavy atom. The number of halogens is 1. The van der Waals surface area contributed by atoms with Gasteiger partial charge in [0.15, 0.2) is 0 Å². The molecule has 0 saturated carbocycles. The number of nitrogens with zero attached hydrogens (tertiary/aromatic N) is 4. The number of anilines is 4. The molecule has 0 aliphatic carbocycles. The maximum absolute atomic E-state index is 14.7. The lowest BCUT2D eigenvalue weighted by Crippen LogP contribution is -2.43. The summed E-state index contributed by atoms with van der Waals surface area (Å²) in [6.45, 7) is 12.4. The van der Waals surface area contributed by atoms with E-state index in [9.17, 15) is 4.39 Å². The summed E-state index contributed by atoms with van der Waals surface area (Å²) >= 11 is 0. The van der Waals surface area contributed by atoms with Crippen LogP contribution in [-0.4, -0.2) is 42.7 Å². The minimum atomic E-state index is -0.244. The van der Waals surface area contributed by atoms with Gasteiger partial charge in [0.1, 0.15) is 11.6 Å². The number of hydrogen-bond acceptors (Lipinski definition) is 6. The van der Waals surface area contributed by atoms with E-state index >= 15 is 0 Å². The van der Waals surface area contributed by atoms with E-state index in [4.69, 9.17) is 0 Å². The number of hydrogen-bond donors (Lipinski definition) is 2. The van der Waals surface area contributed by atoms with E-state index in [2.05, 4.69) is 43.9 Å². The minimum Gasteiger partial charge on any atom is -0.367 e. The molecule has 1 aromatic heterocycles. The lowest BCUT2D eigenvalue weighted by Gasteiger charge is -2.30. The van der Waals surface area contributed by atoms with Crippen molar-refractivity contribution in [2.45, 2.75) is 13.8 Å². The molecule has 2 aliphatic heterocycles. The van der Waals surface area contributed by atoms with E-state index < -0.39 is 0 Å². The summed E-state index contributed by atoms with van der Waals surface area (Å²) in [5.74, 6) is 1.01. The highest BCUT2D eigenvalue weighted by molar-refractivity contribution is 5.76. The van der Waals surface area contributed by atoms with Crippen molar-refractivity contribution >= 4 is 29.2 Å². The smallest absolute Gasteiger partial charge is 0.229 e. The second-order valence-electron chi connectivity index (χ2n) is 7.02. The summed E-state index contributed by atoms with van der Waals surface area (Å²) in [6, 6.07) is 5.18. The van der Waals surface area contributed by atoms with Gasteiger partial charge in [-0.25, -0.2) is 9.37 Å². The first-order chi connectivity index (χ1) is 13.6. The summed E-state index contributed by atoms with van der Waals surface area (Å²) in [7, 11) is 0. The molecule has 7 heteroatoms. The molecule has 3 heterocycles. The molecule has 2 N–H and O–H groups in total. The molecule has 0 atom stereocenters. The van der Waals surface area contributed by atoms with Gasteiger partial charge in [-0.15, -0.1) is 0 Å². The van der Waals surface area contributed by atoms with Crippen molar-refractivity contribution in [1.29, 1.82) is 0 Å². The first kappa shape index (κ1) is 18.4. The third kappa shape index (κ3) is 3.45. The number of aromatic nitrogens is 2. The van der Waals surface area contributed by atoms with Crippen LogP contribution in [-0.2, 0) is 0 Å². The Hall–Kier alpha value is -2.93. The highest BCUT2D eigenvalue weighted by Gasteiger charge is 2.21. The van der Waals surface area contributed by atoms with Crippen molar-refractivity contribution in [2.24, 2.45) is 0 Å². The van der Waals surface area contributed by atoms with Crippen molar-refractivity contribution in [3.63, 3.8) is 0 Å². The monoisotopic (exact) mass is 380 g/mol. The van der Waals surface area contributed by atoms with Crippen LogP contribution in [0.4, 0.5) is 27.5 Å². The molecule has 1 saturated heterocycles. The van der Waals surface area contributed by atoms with Crippen molar-refractivity contribution in [3.8, 4) is 0 Å².